The Kier molecular flexibility index (Phi) is 3.45. The molecule has 0 aliphatic heterocycles. The summed E-state index contributed by atoms with van der Waals surface area (Å²) in [5.74, 6) is 0. The van der Waals surface area contributed by atoms with E-state index in [4.69, 9.17) is 34.7 Å². The molecule has 0 atom stereocenters. The van der Waals surface area contributed by atoms with E-state index in [1.165, 1.54) is 12.1 Å². The highest BCUT2D eigenvalue weighted by Gasteiger charge is 2.00. The van der Waals surface area contributed by atoms with Gasteiger partial charge in [-0.1, -0.05) is 23.2 Å². The molecule has 0 saturated heterocycles. The molecule has 5 heteroatoms. The van der Waals surface area contributed by atoms with Crippen molar-refractivity contribution in [1.29, 1.82) is 0 Å². The lowest BCUT2D eigenvalue weighted by molar-refractivity contribution is 1.66. The van der Waals surface area contributed by atoms with Gasteiger partial charge in [-0.25, -0.2) is 0 Å². The van der Waals surface area contributed by atoms with Crippen LogP contribution in [0.4, 0.5) is 11.4 Å². The minimum Gasteiger partial charge on any atom is -0.397 e. The molecule has 0 radical (unpaired) electrons. The first-order valence-electron chi connectivity index (χ1n) is 2.61. The monoisotopic (exact) mass is 193 g/mol. The van der Waals surface area contributed by atoms with Crippen molar-refractivity contribution in [2.45, 2.75) is 0 Å². The highest BCUT2D eigenvalue weighted by Crippen LogP contribution is 2.28. The van der Waals surface area contributed by atoms with Gasteiger partial charge in [-0.05, 0) is 12.1 Å². The maximum atomic E-state index is 5.62. The number of hydrogen-bond acceptors (Lipinski definition) is 3. The van der Waals surface area contributed by atoms with Crippen molar-refractivity contribution in [2.75, 3.05) is 11.5 Å². The lowest BCUT2D eigenvalue weighted by Crippen LogP contribution is -1.93. The van der Waals surface area contributed by atoms with Gasteiger partial charge in [0, 0.05) is 0 Å². The first-order chi connectivity index (χ1) is 4.61. The number of halogens is 2. The molecule has 62 valence electrons. The molecule has 0 aromatic heterocycles. The zero-order chi connectivity index (χ0) is 7.72. The van der Waals surface area contributed by atoms with Crippen molar-refractivity contribution in [2.24, 2.45) is 0 Å². The largest absolute Gasteiger partial charge is 0.397 e. The standard InChI is InChI=1S/C6H6Cl2N2.H3N/c7-3-1-5(9)6(10)2-4(3)8;/h1-2H,9-10H2;1H3. The Labute approximate surface area is 74.9 Å². The fourth-order valence-electron chi connectivity index (χ4n) is 0.578. The van der Waals surface area contributed by atoms with Crippen LogP contribution in [0.1, 0.15) is 0 Å². The average molecular weight is 194 g/mol. The molecule has 0 fully saturated rings. The van der Waals surface area contributed by atoms with Gasteiger partial charge < -0.3 is 17.6 Å². The van der Waals surface area contributed by atoms with Crippen LogP contribution >= 0.6 is 23.2 Å². The number of hydrogen-bond donors (Lipinski definition) is 3. The van der Waals surface area contributed by atoms with Crippen LogP contribution in [0.25, 0.3) is 0 Å². The first kappa shape index (κ1) is 10.4. The minimum atomic E-state index is 0. The summed E-state index contributed by atoms with van der Waals surface area (Å²) in [6, 6.07) is 3.05. The second kappa shape index (κ2) is 3.67. The normalized spacial score (nSPS) is 8.91. The molecule has 0 unspecified atom stereocenters. The summed E-state index contributed by atoms with van der Waals surface area (Å²) in [4.78, 5) is 0. The van der Waals surface area contributed by atoms with E-state index in [-0.39, 0.29) is 6.15 Å². The van der Waals surface area contributed by atoms with Crippen molar-refractivity contribution < 1.29 is 0 Å². The molecule has 1 aromatic carbocycles. The summed E-state index contributed by atoms with van der Waals surface area (Å²) in [6.45, 7) is 0. The van der Waals surface area contributed by atoms with E-state index in [1.54, 1.807) is 0 Å². The van der Waals surface area contributed by atoms with E-state index < -0.39 is 0 Å². The van der Waals surface area contributed by atoms with Gasteiger partial charge in [0.25, 0.3) is 0 Å². The Balaban J connectivity index is 0.000001000. The lowest BCUT2D eigenvalue weighted by Gasteiger charge is -2.00. The molecule has 0 saturated carbocycles. The first-order valence-corrected chi connectivity index (χ1v) is 3.37. The number of nitrogens with two attached hydrogens (primary N) is 2. The summed E-state index contributed by atoms with van der Waals surface area (Å²) >= 11 is 11.2. The van der Waals surface area contributed by atoms with Gasteiger partial charge in [0.15, 0.2) is 0 Å². The van der Waals surface area contributed by atoms with E-state index in [0.717, 1.165) is 0 Å². The SMILES string of the molecule is N.Nc1cc(Cl)c(Cl)cc1N. The topological polar surface area (TPSA) is 87.0 Å². The van der Waals surface area contributed by atoms with Crippen molar-refractivity contribution in [3.8, 4) is 0 Å². The Morgan fingerprint density at radius 1 is 0.909 bits per heavy atom. The van der Waals surface area contributed by atoms with Gasteiger partial charge in [-0.15, -0.1) is 0 Å². The van der Waals surface area contributed by atoms with Crippen LogP contribution in [0, 0.1) is 0 Å². The molecule has 1 rings (SSSR count). The average Bonchev–Trinajstić information content (AvgIpc) is 1.84. The van der Waals surface area contributed by atoms with E-state index >= 15 is 0 Å². The number of rotatable bonds is 0. The van der Waals surface area contributed by atoms with Gasteiger partial charge in [0.05, 0.1) is 21.4 Å². The molecule has 11 heavy (non-hydrogen) atoms. The summed E-state index contributed by atoms with van der Waals surface area (Å²) in [6.07, 6.45) is 0. The molecular formula is C6H9Cl2N3. The molecular weight excluding hydrogens is 185 g/mol. The maximum Gasteiger partial charge on any atom is 0.0614 e. The van der Waals surface area contributed by atoms with Crippen molar-refractivity contribution in [3.63, 3.8) is 0 Å². The molecule has 0 spiro atoms. The van der Waals surface area contributed by atoms with Crippen LogP contribution in [-0.4, -0.2) is 0 Å². The van der Waals surface area contributed by atoms with Gasteiger partial charge >= 0.3 is 0 Å². The second-order valence-corrected chi connectivity index (χ2v) is 2.71. The quantitative estimate of drug-likeness (QED) is 0.553. The number of anilines is 2. The third kappa shape index (κ3) is 2.15. The highest BCUT2D eigenvalue weighted by molar-refractivity contribution is 6.42. The number of benzene rings is 1. The van der Waals surface area contributed by atoms with Crippen LogP contribution in [0.2, 0.25) is 10.0 Å². The molecule has 0 heterocycles. The van der Waals surface area contributed by atoms with Crippen LogP contribution in [0.5, 0.6) is 0 Å². The van der Waals surface area contributed by atoms with E-state index in [9.17, 15) is 0 Å². The molecule has 0 amide bonds. The van der Waals surface area contributed by atoms with E-state index in [1.807, 2.05) is 0 Å². The molecule has 0 aliphatic rings. The predicted octanol–water partition coefficient (Wildman–Crippen LogP) is 2.32. The van der Waals surface area contributed by atoms with Crippen LogP contribution < -0.4 is 17.6 Å². The lowest BCUT2D eigenvalue weighted by atomic mass is 10.3. The third-order valence-corrected chi connectivity index (χ3v) is 1.85. The van der Waals surface area contributed by atoms with Crippen LogP contribution in [-0.2, 0) is 0 Å². The Morgan fingerprint density at radius 3 is 1.45 bits per heavy atom. The van der Waals surface area contributed by atoms with Gasteiger partial charge in [-0.2, -0.15) is 0 Å². The molecule has 1 aromatic rings. The Hall–Kier alpha value is -0.640. The summed E-state index contributed by atoms with van der Waals surface area (Å²) in [5.41, 5.74) is 11.7. The van der Waals surface area contributed by atoms with Crippen LogP contribution in [0.3, 0.4) is 0 Å². The van der Waals surface area contributed by atoms with E-state index in [0.29, 0.717) is 21.4 Å². The second-order valence-electron chi connectivity index (χ2n) is 1.90. The number of nitrogen functional groups attached to an aromatic ring is 2. The van der Waals surface area contributed by atoms with E-state index in [2.05, 4.69) is 0 Å². The van der Waals surface area contributed by atoms with Crippen LogP contribution in [0.15, 0.2) is 12.1 Å². The zero-order valence-corrected chi connectivity index (χ0v) is 7.28. The summed E-state index contributed by atoms with van der Waals surface area (Å²) in [7, 11) is 0. The molecule has 0 bridgehead atoms. The van der Waals surface area contributed by atoms with Gasteiger partial charge in [0.2, 0.25) is 0 Å². The van der Waals surface area contributed by atoms with Crippen molar-refractivity contribution in [1.82, 2.24) is 6.15 Å². The minimum absolute atomic E-state index is 0. The third-order valence-electron chi connectivity index (χ3n) is 1.13. The summed E-state index contributed by atoms with van der Waals surface area (Å²) in [5, 5.41) is 0.849. The summed E-state index contributed by atoms with van der Waals surface area (Å²) < 4.78 is 0. The molecule has 7 N–H and O–H groups in total. The highest BCUT2D eigenvalue weighted by atomic mass is 35.5. The fourth-order valence-corrected chi connectivity index (χ4v) is 0.922. The fraction of sp³-hybridized carbons (Fsp3) is 0. The predicted molar refractivity (Wildman–Crippen MR) is 50.3 cm³/mol. The Morgan fingerprint density at radius 2 is 1.18 bits per heavy atom. The van der Waals surface area contributed by atoms with Crippen molar-refractivity contribution >= 4 is 34.6 Å². The van der Waals surface area contributed by atoms with Gasteiger partial charge in [-0.3, -0.25) is 0 Å². The van der Waals surface area contributed by atoms with Crippen molar-refractivity contribution in [3.05, 3.63) is 22.2 Å². The zero-order valence-electron chi connectivity index (χ0n) is 5.77. The maximum absolute atomic E-state index is 5.62. The smallest absolute Gasteiger partial charge is 0.0614 e. The van der Waals surface area contributed by atoms with Gasteiger partial charge in [0.1, 0.15) is 0 Å². The molecule has 3 nitrogen and oxygen atoms in total. The Bertz CT molecular complexity index is 212. The molecule has 0 aliphatic carbocycles.